The van der Waals surface area contributed by atoms with Gasteiger partial charge >= 0.3 is 12.0 Å². The Labute approximate surface area is 145 Å². The van der Waals surface area contributed by atoms with Crippen molar-refractivity contribution in [1.82, 2.24) is 15.1 Å². The summed E-state index contributed by atoms with van der Waals surface area (Å²) in [6.07, 6.45) is 0. The maximum atomic E-state index is 12.0. The van der Waals surface area contributed by atoms with Gasteiger partial charge in [0, 0.05) is 23.6 Å². The summed E-state index contributed by atoms with van der Waals surface area (Å²) in [7, 11) is 1.53. The molecule has 0 spiro atoms. The molecule has 1 aromatic heterocycles. The first-order chi connectivity index (χ1) is 10.9. The maximum Gasteiger partial charge on any atom is 0.323 e. The Morgan fingerprint density at radius 2 is 2.17 bits per heavy atom. The van der Waals surface area contributed by atoms with Crippen LogP contribution in [-0.4, -0.2) is 45.8 Å². The number of nitrogens with one attached hydrogen (secondary N) is 1. The van der Waals surface area contributed by atoms with Gasteiger partial charge in [0.2, 0.25) is 5.13 Å². The van der Waals surface area contributed by atoms with Crippen LogP contribution in [0.25, 0.3) is 10.6 Å². The van der Waals surface area contributed by atoms with Gasteiger partial charge in [-0.3, -0.25) is 10.1 Å². The summed E-state index contributed by atoms with van der Waals surface area (Å²) in [5, 5.41) is 20.5. The molecule has 0 aliphatic heterocycles. The highest BCUT2D eigenvalue weighted by atomic mass is 79.9. The van der Waals surface area contributed by atoms with E-state index < -0.39 is 17.9 Å². The molecule has 0 radical (unpaired) electrons. The van der Waals surface area contributed by atoms with Crippen molar-refractivity contribution in [2.75, 3.05) is 18.9 Å². The van der Waals surface area contributed by atoms with Crippen LogP contribution in [0.2, 0.25) is 0 Å². The van der Waals surface area contributed by atoms with Crippen LogP contribution in [0.15, 0.2) is 28.7 Å². The van der Waals surface area contributed by atoms with Gasteiger partial charge in [0.15, 0.2) is 0 Å². The number of benzene rings is 1. The molecule has 1 atom stereocenters. The van der Waals surface area contributed by atoms with Crippen molar-refractivity contribution < 1.29 is 14.7 Å². The van der Waals surface area contributed by atoms with Gasteiger partial charge in [-0.2, -0.15) is 0 Å². The van der Waals surface area contributed by atoms with Crippen LogP contribution in [-0.2, 0) is 4.79 Å². The zero-order chi connectivity index (χ0) is 17.0. The number of carboxylic acid groups (broad SMARTS) is 1. The Balaban J connectivity index is 2.01. The molecule has 1 aromatic carbocycles. The lowest BCUT2D eigenvalue weighted by Gasteiger charge is -2.18. The number of halogens is 1. The number of hydrogen-bond acceptors (Lipinski definition) is 5. The third kappa shape index (κ3) is 4.73. The largest absolute Gasteiger partial charge is 0.481 e. The molecule has 0 aliphatic carbocycles. The number of carboxylic acids is 1. The third-order valence-electron chi connectivity index (χ3n) is 3.03. The minimum atomic E-state index is -0.947. The third-order valence-corrected chi connectivity index (χ3v) is 4.41. The molecular weight excluding hydrogens is 384 g/mol. The number of anilines is 1. The van der Waals surface area contributed by atoms with Gasteiger partial charge in [-0.25, -0.2) is 4.79 Å². The summed E-state index contributed by atoms with van der Waals surface area (Å²) in [5.41, 5.74) is 0.894. The van der Waals surface area contributed by atoms with Gasteiger partial charge in [-0.15, -0.1) is 10.2 Å². The normalized spacial score (nSPS) is 11.8. The quantitative estimate of drug-likeness (QED) is 0.806. The number of carbonyl (C=O) groups is 2. The second kappa shape index (κ2) is 7.51. The first kappa shape index (κ1) is 17.4. The highest BCUT2D eigenvalue weighted by Crippen LogP contribution is 2.28. The van der Waals surface area contributed by atoms with E-state index in [0.29, 0.717) is 10.1 Å². The molecule has 2 rings (SSSR count). The first-order valence-electron chi connectivity index (χ1n) is 6.71. The van der Waals surface area contributed by atoms with E-state index in [1.54, 1.807) is 6.92 Å². The van der Waals surface area contributed by atoms with E-state index in [1.165, 1.54) is 23.3 Å². The molecule has 0 saturated carbocycles. The van der Waals surface area contributed by atoms with Gasteiger partial charge in [0.1, 0.15) is 5.01 Å². The molecule has 0 fully saturated rings. The summed E-state index contributed by atoms with van der Waals surface area (Å²) in [5.74, 6) is -1.59. The fourth-order valence-electron chi connectivity index (χ4n) is 1.77. The van der Waals surface area contributed by atoms with Crippen LogP contribution < -0.4 is 5.32 Å². The molecule has 2 N–H and O–H groups in total. The highest BCUT2D eigenvalue weighted by Gasteiger charge is 2.18. The van der Waals surface area contributed by atoms with Crippen molar-refractivity contribution in [3.8, 4) is 10.6 Å². The van der Waals surface area contributed by atoms with Gasteiger partial charge in [0.05, 0.1) is 5.92 Å². The SMILES string of the molecule is CC(CN(C)C(=O)Nc1nnc(-c2cccc(Br)c2)s1)C(=O)O. The molecule has 1 unspecified atom stereocenters. The second-order valence-electron chi connectivity index (χ2n) is 4.97. The fourth-order valence-corrected chi connectivity index (χ4v) is 2.90. The first-order valence-corrected chi connectivity index (χ1v) is 8.32. The van der Waals surface area contributed by atoms with Crippen LogP contribution in [0.4, 0.5) is 9.93 Å². The molecule has 9 heteroatoms. The predicted octanol–water partition coefficient (Wildman–Crippen LogP) is 3.15. The molecule has 7 nitrogen and oxygen atoms in total. The molecule has 23 heavy (non-hydrogen) atoms. The van der Waals surface area contributed by atoms with Gasteiger partial charge in [-0.1, -0.05) is 46.3 Å². The van der Waals surface area contributed by atoms with Gasteiger partial charge in [0.25, 0.3) is 0 Å². The zero-order valence-corrected chi connectivity index (χ0v) is 14.9. The molecular formula is C14H15BrN4O3S. The Hall–Kier alpha value is -2.00. The van der Waals surface area contributed by atoms with E-state index >= 15 is 0 Å². The Morgan fingerprint density at radius 1 is 1.43 bits per heavy atom. The highest BCUT2D eigenvalue weighted by molar-refractivity contribution is 9.10. The van der Waals surface area contributed by atoms with Crippen molar-refractivity contribution in [2.45, 2.75) is 6.92 Å². The van der Waals surface area contributed by atoms with E-state index in [0.717, 1.165) is 10.0 Å². The number of amides is 2. The fraction of sp³-hybridized carbons (Fsp3) is 0.286. The minimum Gasteiger partial charge on any atom is -0.481 e. The number of nitrogens with zero attached hydrogens (tertiary/aromatic N) is 3. The van der Waals surface area contributed by atoms with Gasteiger partial charge < -0.3 is 10.0 Å². The number of aliphatic carboxylic acids is 1. The molecule has 122 valence electrons. The lowest BCUT2D eigenvalue weighted by molar-refractivity contribution is -0.141. The van der Waals surface area contributed by atoms with E-state index in [-0.39, 0.29) is 6.54 Å². The lowest BCUT2D eigenvalue weighted by Crippen LogP contribution is -2.36. The van der Waals surface area contributed by atoms with Crippen molar-refractivity contribution in [1.29, 1.82) is 0 Å². The van der Waals surface area contributed by atoms with Crippen molar-refractivity contribution >= 4 is 44.4 Å². The summed E-state index contributed by atoms with van der Waals surface area (Å²) >= 11 is 4.64. The summed E-state index contributed by atoms with van der Waals surface area (Å²) < 4.78 is 0.929. The smallest absolute Gasteiger partial charge is 0.323 e. The zero-order valence-electron chi connectivity index (χ0n) is 12.5. The maximum absolute atomic E-state index is 12.0. The average Bonchev–Trinajstić information content (AvgIpc) is 2.95. The molecule has 2 amide bonds. The van der Waals surface area contributed by atoms with Crippen LogP contribution in [0.3, 0.4) is 0 Å². The lowest BCUT2D eigenvalue weighted by atomic mass is 10.2. The molecule has 1 heterocycles. The van der Waals surface area contributed by atoms with Crippen molar-refractivity contribution in [2.24, 2.45) is 5.92 Å². The topological polar surface area (TPSA) is 95.4 Å². The number of hydrogen-bond donors (Lipinski definition) is 2. The summed E-state index contributed by atoms with van der Waals surface area (Å²) in [4.78, 5) is 24.1. The number of carbonyl (C=O) groups excluding carboxylic acids is 1. The molecule has 2 aromatic rings. The second-order valence-corrected chi connectivity index (χ2v) is 6.87. The van der Waals surface area contributed by atoms with Crippen LogP contribution >= 0.6 is 27.3 Å². The van der Waals surface area contributed by atoms with Crippen molar-refractivity contribution in [3.63, 3.8) is 0 Å². The molecule has 0 aliphatic rings. The number of aromatic nitrogens is 2. The number of urea groups is 1. The summed E-state index contributed by atoms with van der Waals surface area (Å²) in [6, 6.07) is 7.19. The molecule has 0 bridgehead atoms. The predicted molar refractivity (Wildman–Crippen MR) is 91.5 cm³/mol. The standard InChI is InChI=1S/C14H15BrN4O3S/c1-8(12(20)21)7-19(2)14(22)16-13-18-17-11(23-13)9-4-3-5-10(15)6-9/h3-6,8H,7H2,1-2H3,(H,20,21)(H,16,18,22). The monoisotopic (exact) mass is 398 g/mol. The van der Waals surface area contributed by atoms with E-state index in [9.17, 15) is 9.59 Å². The number of rotatable bonds is 5. The Bertz CT molecular complexity index is 722. The Kier molecular flexibility index (Phi) is 5.67. The van der Waals surface area contributed by atoms with Crippen LogP contribution in [0.5, 0.6) is 0 Å². The Morgan fingerprint density at radius 3 is 2.83 bits per heavy atom. The van der Waals surface area contributed by atoms with Gasteiger partial charge in [-0.05, 0) is 12.1 Å². The average molecular weight is 399 g/mol. The van der Waals surface area contributed by atoms with Crippen LogP contribution in [0, 0.1) is 5.92 Å². The van der Waals surface area contributed by atoms with Crippen LogP contribution in [0.1, 0.15) is 6.92 Å². The van der Waals surface area contributed by atoms with E-state index in [4.69, 9.17) is 5.11 Å². The molecule has 0 saturated heterocycles. The summed E-state index contributed by atoms with van der Waals surface area (Å²) in [6.45, 7) is 1.65. The van der Waals surface area contributed by atoms with E-state index in [2.05, 4.69) is 31.4 Å². The van der Waals surface area contributed by atoms with Crippen molar-refractivity contribution in [3.05, 3.63) is 28.7 Å². The van der Waals surface area contributed by atoms with E-state index in [1.807, 2.05) is 24.3 Å². The minimum absolute atomic E-state index is 0.110.